The zero-order valence-electron chi connectivity index (χ0n) is 17.0. The van der Waals surface area contributed by atoms with Gasteiger partial charge >= 0.3 is 0 Å². The number of hydroxylamine groups is 2. The van der Waals surface area contributed by atoms with Crippen molar-refractivity contribution < 1.29 is 19.1 Å². The molecule has 0 aliphatic carbocycles. The number of aliphatic imine (C=N–C) groups is 1. The maximum atomic E-state index is 12.3. The van der Waals surface area contributed by atoms with E-state index in [9.17, 15) is 4.79 Å². The van der Waals surface area contributed by atoms with E-state index in [1.54, 1.807) is 37.3 Å². The van der Waals surface area contributed by atoms with E-state index in [-0.39, 0.29) is 11.4 Å². The first kappa shape index (κ1) is 20.7. The number of nitrogens with zero attached hydrogens (tertiary/aromatic N) is 2. The second kappa shape index (κ2) is 8.65. The SMILES string of the molecule is CC1=CC2=NC(=O)/C(=C\c3ccc(OCCOc4ccc(C)cc4)c(Cl)c3)C(=N)N2O1. The summed E-state index contributed by atoms with van der Waals surface area (Å²) in [6.45, 7) is 4.45. The maximum Gasteiger partial charge on any atom is 0.282 e. The predicted molar refractivity (Wildman–Crippen MR) is 118 cm³/mol. The largest absolute Gasteiger partial charge is 0.490 e. The second-order valence-corrected chi connectivity index (χ2v) is 7.43. The molecule has 31 heavy (non-hydrogen) atoms. The molecule has 0 bridgehead atoms. The normalized spacial score (nSPS) is 16.6. The number of rotatable bonds is 6. The third-order valence-corrected chi connectivity index (χ3v) is 4.87. The molecule has 2 heterocycles. The first-order valence-electron chi connectivity index (χ1n) is 9.62. The summed E-state index contributed by atoms with van der Waals surface area (Å²) in [5, 5.41) is 9.87. The van der Waals surface area contributed by atoms with E-state index in [1.165, 1.54) is 10.6 Å². The van der Waals surface area contributed by atoms with E-state index >= 15 is 0 Å². The Labute approximate surface area is 184 Å². The summed E-state index contributed by atoms with van der Waals surface area (Å²) in [5.41, 5.74) is 1.93. The van der Waals surface area contributed by atoms with Crippen molar-refractivity contribution in [3.05, 3.63) is 76.0 Å². The first-order chi connectivity index (χ1) is 14.9. The fraction of sp³-hybridized carbons (Fsp3) is 0.174. The highest BCUT2D eigenvalue weighted by atomic mass is 35.5. The molecule has 0 unspecified atom stereocenters. The Morgan fingerprint density at radius 1 is 1.13 bits per heavy atom. The lowest BCUT2D eigenvalue weighted by atomic mass is 10.1. The Kier molecular flexibility index (Phi) is 5.77. The van der Waals surface area contributed by atoms with Crippen LogP contribution < -0.4 is 9.47 Å². The molecule has 0 saturated carbocycles. The van der Waals surface area contributed by atoms with Crippen LogP contribution in [0, 0.1) is 12.3 Å². The Balaban J connectivity index is 1.39. The lowest BCUT2D eigenvalue weighted by molar-refractivity contribution is -0.114. The number of amides is 1. The molecule has 2 aliphatic rings. The minimum absolute atomic E-state index is 0.0761. The molecule has 0 aromatic heterocycles. The number of amidine groups is 2. The van der Waals surface area contributed by atoms with E-state index in [1.807, 2.05) is 31.2 Å². The molecule has 2 aromatic carbocycles. The third-order valence-electron chi connectivity index (χ3n) is 4.58. The molecular weight excluding hydrogens is 418 g/mol. The number of ether oxygens (including phenoxy) is 2. The summed E-state index contributed by atoms with van der Waals surface area (Å²) >= 11 is 6.34. The second-order valence-electron chi connectivity index (χ2n) is 7.02. The number of nitrogens with one attached hydrogen (secondary N) is 1. The Morgan fingerprint density at radius 3 is 2.61 bits per heavy atom. The van der Waals surface area contributed by atoms with Gasteiger partial charge in [-0.05, 0) is 49.8 Å². The topological polar surface area (TPSA) is 84.2 Å². The van der Waals surface area contributed by atoms with Crippen molar-refractivity contribution in [3.63, 3.8) is 0 Å². The molecule has 0 radical (unpaired) electrons. The van der Waals surface area contributed by atoms with Gasteiger partial charge in [0.05, 0.1) is 10.6 Å². The van der Waals surface area contributed by atoms with Gasteiger partial charge in [-0.15, -0.1) is 5.06 Å². The van der Waals surface area contributed by atoms with Crippen LogP contribution in [-0.4, -0.2) is 35.9 Å². The van der Waals surface area contributed by atoms with Gasteiger partial charge in [-0.25, -0.2) is 0 Å². The van der Waals surface area contributed by atoms with Crippen LogP contribution in [0.3, 0.4) is 0 Å². The molecule has 2 aromatic rings. The van der Waals surface area contributed by atoms with Crippen LogP contribution in [0.4, 0.5) is 0 Å². The van der Waals surface area contributed by atoms with E-state index in [0.717, 1.165) is 5.75 Å². The number of carbonyl (C=O) groups is 1. The summed E-state index contributed by atoms with van der Waals surface area (Å²) in [6, 6.07) is 12.9. The average molecular weight is 438 g/mol. The number of carbonyl (C=O) groups excluding carboxylic acids is 1. The highest BCUT2D eigenvalue weighted by Crippen LogP contribution is 2.28. The summed E-state index contributed by atoms with van der Waals surface area (Å²) in [7, 11) is 0. The van der Waals surface area contributed by atoms with Gasteiger partial charge < -0.3 is 14.3 Å². The quantitative estimate of drug-likeness (QED) is 0.529. The molecule has 0 saturated heterocycles. The molecule has 158 valence electrons. The van der Waals surface area contributed by atoms with Crippen LogP contribution in [0.1, 0.15) is 18.1 Å². The van der Waals surface area contributed by atoms with E-state index < -0.39 is 5.91 Å². The minimum Gasteiger partial charge on any atom is -0.490 e. The van der Waals surface area contributed by atoms with Gasteiger partial charge in [0, 0.05) is 6.08 Å². The van der Waals surface area contributed by atoms with Crippen LogP contribution in [0.2, 0.25) is 5.02 Å². The number of halogens is 1. The monoisotopic (exact) mass is 437 g/mol. The lowest BCUT2D eigenvalue weighted by Gasteiger charge is -2.23. The molecule has 0 fully saturated rings. The minimum atomic E-state index is -0.504. The molecule has 2 aliphatic heterocycles. The van der Waals surface area contributed by atoms with Crippen LogP contribution in [0.5, 0.6) is 11.5 Å². The van der Waals surface area contributed by atoms with Gasteiger partial charge in [-0.1, -0.05) is 35.4 Å². The zero-order valence-corrected chi connectivity index (χ0v) is 17.8. The van der Waals surface area contributed by atoms with Crippen LogP contribution in [-0.2, 0) is 9.63 Å². The van der Waals surface area contributed by atoms with Crippen molar-refractivity contribution in [3.8, 4) is 11.5 Å². The number of hydrogen-bond acceptors (Lipinski definition) is 5. The average Bonchev–Trinajstić information content (AvgIpc) is 3.11. The Hall–Kier alpha value is -3.58. The number of aryl methyl sites for hydroxylation is 1. The van der Waals surface area contributed by atoms with Gasteiger partial charge in [0.25, 0.3) is 5.91 Å². The van der Waals surface area contributed by atoms with Crippen LogP contribution in [0.15, 0.2) is 64.9 Å². The van der Waals surface area contributed by atoms with Gasteiger partial charge in [0.15, 0.2) is 11.7 Å². The zero-order chi connectivity index (χ0) is 22.0. The van der Waals surface area contributed by atoms with Crippen LogP contribution in [0.25, 0.3) is 6.08 Å². The van der Waals surface area contributed by atoms with Gasteiger partial charge in [0.1, 0.15) is 30.5 Å². The Bertz CT molecular complexity index is 1140. The van der Waals surface area contributed by atoms with Gasteiger partial charge in [0.2, 0.25) is 0 Å². The number of allylic oxidation sites excluding steroid dienone is 1. The number of hydrogen-bond donors (Lipinski definition) is 1. The summed E-state index contributed by atoms with van der Waals surface area (Å²) < 4.78 is 11.3. The summed E-state index contributed by atoms with van der Waals surface area (Å²) in [5.74, 6) is 1.57. The molecule has 1 amide bonds. The first-order valence-corrected chi connectivity index (χ1v) is 10.0. The fourth-order valence-electron chi connectivity index (χ4n) is 3.04. The van der Waals surface area contributed by atoms with E-state index in [4.69, 9.17) is 31.3 Å². The predicted octanol–water partition coefficient (Wildman–Crippen LogP) is 4.56. The molecule has 0 spiro atoms. The number of benzene rings is 2. The van der Waals surface area contributed by atoms with Gasteiger partial charge in [-0.3, -0.25) is 10.2 Å². The standard InChI is InChI=1S/C23H20ClN3O4/c1-14-3-6-17(7-4-14)29-9-10-30-20-8-5-16(13-19(20)24)12-18-22(25)27-21(26-23(18)28)11-15(2)31-27/h3-8,11-13,25H,9-10H2,1-2H3/b18-12-,25-22?. The highest BCUT2D eigenvalue weighted by molar-refractivity contribution is 6.33. The maximum absolute atomic E-state index is 12.3. The smallest absolute Gasteiger partial charge is 0.282 e. The molecule has 1 N–H and O–H groups in total. The van der Waals surface area contributed by atoms with E-state index in [2.05, 4.69) is 4.99 Å². The molecule has 7 nitrogen and oxygen atoms in total. The van der Waals surface area contributed by atoms with Crippen molar-refractivity contribution in [1.82, 2.24) is 5.06 Å². The summed E-state index contributed by atoms with van der Waals surface area (Å²) in [6.07, 6.45) is 3.16. The Morgan fingerprint density at radius 2 is 1.87 bits per heavy atom. The fourth-order valence-corrected chi connectivity index (χ4v) is 3.28. The highest BCUT2D eigenvalue weighted by Gasteiger charge is 2.34. The molecule has 4 rings (SSSR count). The summed E-state index contributed by atoms with van der Waals surface area (Å²) in [4.78, 5) is 21.7. The molecular formula is C23H20ClN3O4. The van der Waals surface area contributed by atoms with Crippen molar-refractivity contribution in [2.45, 2.75) is 13.8 Å². The van der Waals surface area contributed by atoms with Gasteiger partial charge in [-0.2, -0.15) is 4.99 Å². The van der Waals surface area contributed by atoms with Crippen LogP contribution >= 0.6 is 11.6 Å². The van der Waals surface area contributed by atoms with Crippen molar-refractivity contribution in [2.24, 2.45) is 4.99 Å². The molecule has 0 atom stereocenters. The third kappa shape index (κ3) is 4.62. The molecule has 8 heteroatoms. The lowest BCUT2D eigenvalue weighted by Crippen LogP contribution is -2.38. The van der Waals surface area contributed by atoms with Crippen molar-refractivity contribution in [2.75, 3.05) is 13.2 Å². The van der Waals surface area contributed by atoms with Crippen molar-refractivity contribution in [1.29, 1.82) is 5.41 Å². The number of fused-ring (bicyclic) bond motifs is 1. The van der Waals surface area contributed by atoms with E-state index in [0.29, 0.717) is 41.1 Å². The van der Waals surface area contributed by atoms with Crippen molar-refractivity contribution >= 4 is 35.3 Å².